The van der Waals surface area contributed by atoms with E-state index in [1.54, 1.807) is 18.2 Å². The first-order valence-corrected chi connectivity index (χ1v) is 5.30. The molecule has 0 saturated heterocycles. The minimum atomic E-state index is -0.627. The second kappa shape index (κ2) is 6.15. The normalized spacial score (nSPS) is 11.9. The molecule has 0 saturated carbocycles. The zero-order chi connectivity index (χ0) is 12.8. The van der Waals surface area contributed by atoms with Gasteiger partial charge in [-0.3, -0.25) is 4.79 Å². The van der Waals surface area contributed by atoms with Crippen LogP contribution in [0.5, 0.6) is 5.75 Å². The molecule has 0 heterocycles. The summed E-state index contributed by atoms with van der Waals surface area (Å²) in [5, 5.41) is 0. The minimum absolute atomic E-state index is 0.0297. The lowest BCUT2D eigenvalue weighted by Gasteiger charge is -2.10. The summed E-state index contributed by atoms with van der Waals surface area (Å²) in [6, 6.07) is 4.07. The lowest BCUT2D eigenvalue weighted by molar-refractivity contribution is -0.119. The zero-order valence-electron chi connectivity index (χ0n) is 9.78. The summed E-state index contributed by atoms with van der Waals surface area (Å²) < 4.78 is 18.6. The Morgan fingerprint density at radius 3 is 2.94 bits per heavy atom. The first-order chi connectivity index (χ1) is 8.10. The smallest absolute Gasteiger partial charge is 0.168 e. The van der Waals surface area contributed by atoms with Gasteiger partial charge < -0.3 is 10.5 Å². The largest absolute Gasteiger partial charge is 0.494 e. The average molecular weight is 237 g/mol. The molecule has 4 heteroatoms. The zero-order valence-corrected chi connectivity index (χ0v) is 9.78. The number of ketones is 1. The number of carbonyl (C=O) groups is 1. The first-order valence-electron chi connectivity index (χ1n) is 5.30. The molecule has 17 heavy (non-hydrogen) atoms. The summed E-state index contributed by atoms with van der Waals surface area (Å²) in [4.78, 5) is 11.7. The lowest BCUT2D eigenvalue weighted by Crippen LogP contribution is -2.31. The second-order valence-corrected chi connectivity index (χ2v) is 3.71. The maximum atomic E-state index is 13.7. The van der Waals surface area contributed by atoms with Gasteiger partial charge in [-0.15, -0.1) is 6.58 Å². The van der Waals surface area contributed by atoms with Gasteiger partial charge in [0, 0.05) is 6.42 Å². The summed E-state index contributed by atoms with van der Waals surface area (Å²) >= 11 is 0. The Balaban J connectivity index is 2.81. The van der Waals surface area contributed by atoms with Gasteiger partial charge in [-0.05, 0) is 18.1 Å². The molecule has 0 fully saturated rings. The van der Waals surface area contributed by atoms with E-state index >= 15 is 0 Å². The average Bonchev–Trinajstić information content (AvgIpc) is 2.32. The van der Waals surface area contributed by atoms with Crippen LogP contribution in [0.15, 0.2) is 30.9 Å². The Bertz CT molecular complexity index is 418. The van der Waals surface area contributed by atoms with Crippen molar-refractivity contribution in [3.63, 3.8) is 0 Å². The van der Waals surface area contributed by atoms with Gasteiger partial charge >= 0.3 is 0 Å². The van der Waals surface area contributed by atoms with Crippen molar-refractivity contribution in [1.29, 1.82) is 0 Å². The van der Waals surface area contributed by atoms with Crippen LogP contribution >= 0.6 is 0 Å². The topological polar surface area (TPSA) is 52.3 Å². The molecule has 1 aromatic carbocycles. The fourth-order valence-electron chi connectivity index (χ4n) is 1.48. The van der Waals surface area contributed by atoms with Gasteiger partial charge in [0.05, 0.1) is 13.2 Å². The highest BCUT2D eigenvalue weighted by Crippen LogP contribution is 2.20. The Morgan fingerprint density at radius 1 is 1.65 bits per heavy atom. The molecule has 0 aliphatic rings. The molecule has 1 unspecified atom stereocenters. The van der Waals surface area contributed by atoms with Crippen LogP contribution in [0, 0.1) is 5.82 Å². The van der Waals surface area contributed by atoms with Gasteiger partial charge in [0.15, 0.2) is 17.3 Å². The van der Waals surface area contributed by atoms with E-state index in [9.17, 15) is 9.18 Å². The number of halogens is 1. The minimum Gasteiger partial charge on any atom is -0.494 e. The van der Waals surface area contributed by atoms with Gasteiger partial charge in [-0.25, -0.2) is 4.39 Å². The van der Waals surface area contributed by atoms with Gasteiger partial charge in [0.1, 0.15) is 0 Å². The maximum absolute atomic E-state index is 13.7. The summed E-state index contributed by atoms with van der Waals surface area (Å²) in [7, 11) is 1.38. The Kier molecular flexibility index (Phi) is 4.84. The van der Waals surface area contributed by atoms with Crippen LogP contribution in [0.1, 0.15) is 12.0 Å². The molecule has 0 amide bonds. The number of hydrogen-bond donors (Lipinski definition) is 1. The number of nitrogens with two attached hydrogens (primary N) is 1. The molecule has 3 nitrogen and oxygen atoms in total. The van der Waals surface area contributed by atoms with Crippen LogP contribution in [0.2, 0.25) is 0 Å². The monoisotopic (exact) mass is 237 g/mol. The Hall–Kier alpha value is -1.68. The number of ether oxygens (including phenoxy) is 1. The van der Waals surface area contributed by atoms with Crippen LogP contribution in [0.4, 0.5) is 4.39 Å². The molecule has 0 bridgehead atoms. The molecular weight excluding hydrogens is 221 g/mol. The summed E-state index contributed by atoms with van der Waals surface area (Å²) in [5.41, 5.74) is 5.92. The number of carbonyl (C=O) groups excluding carboxylic acids is 1. The van der Waals surface area contributed by atoms with E-state index < -0.39 is 11.9 Å². The number of Topliss-reactive ketones (excluding diaryl/α,β-unsaturated/α-hetero) is 1. The Labute approximate surface area is 100 Å². The number of hydrogen-bond acceptors (Lipinski definition) is 3. The molecule has 1 atom stereocenters. The number of rotatable bonds is 6. The van der Waals surface area contributed by atoms with Crippen LogP contribution in [0.3, 0.4) is 0 Å². The van der Waals surface area contributed by atoms with Crippen LogP contribution in [-0.4, -0.2) is 18.9 Å². The van der Waals surface area contributed by atoms with Gasteiger partial charge in [0.2, 0.25) is 0 Å². The lowest BCUT2D eigenvalue weighted by atomic mass is 10.0. The highest BCUT2D eigenvalue weighted by Gasteiger charge is 2.16. The highest BCUT2D eigenvalue weighted by atomic mass is 19.1. The van der Waals surface area contributed by atoms with Crippen molar-refractivity contribution in [2.75, 3.05) is 7.11 Å². The standard InChI is InChI=1S/C13H16FNO2/c1-3-5-10(15)11(16)8-9-6-4-7-12(17-2)13(9)14/h3-4,6-7,10H,1,5,8,15H2,2H3. The fraction of sp³-hybridized carbons (Fsp3) is 0.308. The van der Waals surface area contributed by atoms with Crippen molar-refractivity contribution in [3.05, 3.63) is 42.2 Å². The molecular formula is C13H16FNO2. The fourth-order valence-corrected chi connectivity index (χ4v) is 1.48. The van der Waals surface area contributed by atoms with E-state index in [4.69, 9.17) is 10.5 Å². The molecule has 0 spiro atoms. The SMILES string of the molecule is C=CCC(N)C(=O)Cc1cccc(OC)c1F. The Morgan fingerprint density at radius 2 is 2.35 bits per heavy atom. The van der Waals surface area contributed by atoms with Crippen molar-refractivity contribution in [2.24, 2.45) is 5.73 Å². The van der Waals surface area contributed by atoms with Crippen molar-refractivity contribution < 1.29 is 13.9 Å². The quantitative estimate of drug-likeness (QED) is 0.768. The molecule has 0 aliphatic heterocycles. The van der Waals surface area contributed by atoms with Gasteiger partial charge in [-0.2, -0.15) is 0 Å². The van der Waals surface area contributed by atoms with Crippen molar-refractivity contribution in [2.45, 2.75) is 18.9 Å². The molecule has 1 aromatic rings. The second-order valence-electron chi connectivity index (χ2n) is 3.71. The van der Waals surface area contributed by atoms with E-state index in [0.717, 1.165) is 0 Å². The number of benzene rings is 1. The predicted octanol–water partition coefficient (Wildman–Crippen LogP) is 1.85. The molecule has 0 radical (unpaired) electrons. The molecule has 92 valence electrons. The third-order valence-corrected chi connectivity index (χ3v) is 2.46. The van der Waals surface area contributed by atoms with Crippen LogP contribution in [-0.2, 0) is 11.2 Å². The molecule has 0 aliphatic carbocycles. The van der Waals surface area contributed by atoms with E-state index in [0.29, 0.717) is 12.0 Å². The van der Waals surface area contributed by atoms with Crippen molar-refractivity contribution in [1.82, 2.24) is 0 Å². The van der Waals surface area contributed by atoms with Crippen molar-refractivity contribution in [3.8, 4) is 5.75 Å². The van der Waals surface area contributed by atoms with Crippen molar-refractivity contribution >= 4 is 5.78 Å². The van der Waals surface area contributed by atoms with E-state index in [1.807, 2.05) is 0 Å². The third-order valence-electron chi connectivity index (χ3n) is 2.46. The van der Waals surface area contributed by atoms with Gasteiger partial charge in [0.25, 0.3) is 0 Å². The van der Waals surface area contributed by atoms with E-state index in [2.05, 4.69) is 6.58 Å². The molecule has 0 aromatic heterocycles. The third kappa shape index (κ3) is 3.39. The summed E-state index contributed by atoms with van der Waals surface area (Å²) in [5.74, 6) is -0.584. The first kappa shape index (κ1) is 13.4. The summed E-state index contributed by atoms with van der Waals surface area (Å²) in [6.45, 7) is 3.51. The predicted molar refractivity (Wildman–Crippen MR) is 64.5 cm³/mol. The molecule has 2 N–H and O–H groups in total. The maximum Gasteiger partial charge on any atom is 0.168 e. The number of methoxy groups -OCH3 is 1. The molecule has 1 rings (SSSR count). The highest BCUT2D eigenvalue weighted by molar-refractivity contribution is 5.86. The summed E-state index contributed by atoms with van der Waals surface area (Å²) in [6.07, 6.45) is 1.94. The van der Waals surface area contributed by atoms with E-state index in [1.165, 1.54) is 13.2 Å². The van der Waals surface area contributed by atoms with Crippen LogP contribution in [0.25, 0.3) is 0 Å². The van der Waals surface area contributed by atoms with Crippen LogP contribution < -0.4 is 10.5 Å². The van der Waals surface area contributed by atoms with Gasteiger partial charge in [-0.1, -0.05) is 18.2 Å². The van der Waals surface area contributed by atoms with E-state index in [-0.39, 0.29) is 18.0 Å².